The molecule has 0 radical (unpaired) electrons. The molecule has 128 valence electrons. The third-order valence-corrected chi connectivity index (χ3v) is 3.69. The van der Waals surface area contributed by atoms with Crippen LogP contribution in [0.25, 0.3) is 0 Å². The second-order valence-electron chi connectivity index (χ2n) is 5.11. The Morgan fingerprint density at radius 2 is 2.00 bits per heavy atom. The molecular weight excluding hydrogens is 341 g/mol. The summed E-state index contributed by atoms with van der Waals surface area (Å²) in [7, 11) is 0. The molecular formula is C13H14ClF3N2O4. The van der Waals surface area contributed by atoms with E-state index >= 15 is 0 Å². The van der Waals surface area contributed by atoms with Crippen LogP contribution in [0.4, 0.5) is 24.5 Å². The summed E-state index contributed by atoms with van der Waals surface area (Å²) >= 11 is 5.59. The minimum Gasteiger partial charge on any atom is -0.379 e. The van der Waals surface area contributed by atoms with Crippen molar-refractivity contribution < 1.29 is 27.6 Å². The smallest absolute Gasteiger partial charge is 0.379 e. The van der Waals surface area contributed by atoms with Crippen LogP contribution in [0.2, 0.25) is 5.02 Å². The first kappa shape index (κ1) is 17.8. The van der Waals surface area contributed by atoms with Crippen molar-refractivity contribution in [3.8, 4) is 0 Å². The summed E-state index contributed by atoms with van der Waals surface area (Å²) in [6.45, 7) is 2.82. The number of nitro groups is 1. The summed E-state index contributed by atoms with van der Waals surface area (Å²) in [4.78, 5) is 10.1. The van der Waals surface area contributed by atoms with Crippen molar-refractivity contribution in [3.63, 3.8) is 0 Å². The van der Waals surface area contributed by atoms with Gasteiger partial charge in [0.25, 0.3) is 5.69 Å². The third kappa shape index (κ3) is 4.24. The van der Waals surface area contributed by atoms with E-state index in [2.05, 4.69) is 5.32 Å². The van der Waals surface area contributed by atoms with Crippen molar-refractivity contribution in [2.45, 2.75) is 25.3 Å². The highest BCUT2D eigenvalue weighted by Crippen LogP contribution is 2.40. The van der Waals surface area contributed by atoms with Gasteiger partial charge in [0.15, 0.2) is 5.79 Å². The fourth-order valence-corrected chi connectivity index (χ4v) is 2.47. The van der Waals surface area contributed by atoms with Gasteiger partial charge in [-0.15, -0.1) is 0 Å². The number of ether oxygens (including phenoxy) is 2. The number of rotatable bonds is 5. The molecule has 1 saturated heterocycles. The third-order valence-electron chi connectivity index (χ3n) is 3.38. The monoisotopic (exact) mass is 354 g/mol. The van der Waals surface area contributed by atoms with Gasteiger partial charge < -0.3 is 14.8 Å². The number of halogens is 4. The second-order valence-corrected chi connectivity index (χ2v) is 5.52. The van der Waals surface area contributed by atoms with Gasteiger partial charge in [-0.1, -0.05) is 11.6 Å². The number of nitrogens with zero attached hydrogens (tertiary/aromatic N) is 1. The van der Waals surface area contributed by atoms with E-state index in [0.29, 0.717) is 25.7 Å². The molecule has 0 unspecified atom stereocenters. The molecule has 23 heavy (non-hydrogen) atoms. The van der Waals surface area contributed by atoms with Gasteiger partial charge in [0.05, 0.1) is 28.7 Å². The maximum absolute atomic E-state index is 12.8. The van der Waals surface area contributed by atoms with Crippen LogP contribution in [0.15, 0.2) is 12.1 Å². The molecule has 0 atom stereocenters. The topological polar surface area (TPSA) is 73.6 Å². The zero-order chi connectivity index (χ0) is 17.3. The lowest BCUT2D eigenvalue weighted by Gasteiger charge is -2.22. The van der Waals surface area contributed by atoms with Crippen molar-refractivity contribution in [2.75, 3.05) is 25.1 Å². The van der Waals surface area contributed by atoms with Crippen molar-refractivity contribution in [3.05, 3.63) is 32.8 Å². The first-order valence-corrected chi connectivity index (χ1v) is 7.07. The quantitative estimate of drug-likeness (QED) is 0.642. The summed E-state index contributed by atoms with van der Waals surface area (Å²) in [6, 6.07) is 1.33. The van der Waals surface area contributed by atoms with Gasteiger partial charge in [0.1, 0.15) is 5.69 Å². The Balaban J connectivity index is 2.17. The summed E-state index contributed by atoms with van der Waals surface area (Å²) in [5.41, 5.74) is -2.03. The average Bonchev–Trinajstić information content (AvgIpc) is 2.84. The van der Waals surface area contributed by atoms with E-state index in [0.717, 1.165) is 6.07 Å². The van der Waals surface area contributed by atoms with E-state index in [-0.39, 0.29) is 12.2 Å². The summed E-state index contributed by atoms with van der Waals surface area (Å²) < 4.78 is 49.1. The number of hydrogen-bond acceptors (Lipinski definition) is 5. The van der Waals surface area contributed by atoms with Crippen LogP contribution in [-0.2, 0) is 15.7 Å². The Labute approximate surface area is 134 Å². The lowest BCUT2D eigenvalue weighted by molar-refractivity contribution is -0.384. The molecule has 1 aliphatic rings. The molecule has 2 rings (SSSR count). The van der Waals surface area contributed by atoms with Crippen LogP contribution in [0.1, 0.15) is 18.9 Å². The average molecular weight is 355 g/mol. The largest absolute Gasteiger partial charge is 0.418 e. The summed E-state index contributed by atoms with van der Waals surface area (Å²) in [6.07, 6.45) is -4.40. The second kappa shape index (κ2) is 6.50. The maximum atomic E-state index is 12.8. The number of nitro benzene ring substituents is 1. The summed E-state index contributed by atoms with van der Waals surface area (Å²) in [5, 5.41) is 13.1. The van der Waals surface area contributed by atoms with Crippen molar-refractivity contribution in [1.82, 2.24) is 0 Å². The van der Waals surface area contributed by atoms with Crippen LogP contribution < -0.4 is 5.32 Å². The van der Waals surface area contributed by atoms with Gasteiger partial charge in [-0.2, -0.15) is 13.2 Å². The van der Waals surface area contributed by atoms with Gasteiger partial charge in [-0.3, -0.25) is 10.1 Å². The van der Waals surface area contributed by atoms with Crippen molar-refractivity contribution in [2.24, 2.45) is 0 Å². The number of alkyl halides is 3. The van der Waals surface area contributed by atoms with Crippen LogP contribution in [0, 0.1) is 10.1 Å². The molecule has 0 aromatic heterocycles. The van der Waals surface area contributed by atoms with Crippen LogP contribution >= 0.6 is 11.6 Å². The number of nitrogens with one attached hydrogen (secondary N) is 1. The molecule has 0 bridgehead atoms. The molecule has 0 aliphatic carbocycles. The normalized spacial score (nSPS) is 17.3. The molecule has 1 aromatic rings. The van der Waals surface area contributed by atoms with Gasteiger partial charge in [-0.05, 0) is 13.0 Å². The molecule has 0 saturated carbocycles. The van der Waals surface area contributed by atoms with Crippen molar-refractivity contribution in [1.29, 1.82) is 0 Å². The molecule has 6 nitrogen and oxygen atoms in total. The Hall–Kier alpha value is -1.58. The van der Waals surface area contributed by atoms with E-state index < -0.39 is 33.2 Å². The van der Waals surface area contributed by atoms with Gasteiger partial charge in [0, 0.05) is 19.0 Å². The molecule has 1 heterocycles. The maximum Gasteiger partial charge on any atom is 0.418 e. The van der Waals surface area contributed by atoms with Gasteiger partial charge >= 0.3 is 6.18 Å². The Bertz CT molecular complexity index is 604. The molecule has 1 fully saturated rings. The molecule has 0 spiro atoms. The van der Waals surface area contributed by atoms with E-state index in [1.54, 1.807) is 6.92 Å². The number of hydrogen-bond donors (Lipinski definition) is 1. The Morgan fingerprint density at radius 3 is 2.52 bits per heavy atom. The summed E-state index contributed by atoms with van der Waals surface area (Å²) in [5.74, 6) is -0.808. The zero-order valence-electron chi connectivity index (χ0n) is 12.1. The Kier molecular flexibility index (Phi) is 5.02. The number of benzene rings is 1. The standard InChI is InChI=1S/C13H14ClF3N2O4/c1-12(22-4-5-23-12)2-3-18-10-7-9(14)8(13(15,16)17)6-11(10)19(20)21/h6-7,18H,2-5H2,1H3. The first-order chi connectivity index (χ1) is 10.6. The Morgan fingerprint density at radius 1 is 1.39 bits per heavy atom. The minimum absolute atomic E-state index is 0.0883. The first-order valence-electron chi connectivity index (χ1n) is 6.69. The van der Waals surface area contributed by atoms with Crippen LogP contribution in [-0.4, -0.2) is 30.5 Å². The van der Waals surface area contributed by atoms with Crippen LogP contribution in [0.3, 0.4) is 0 Å². The van der Waals surface area contributed by atoms with Gasteiger partial charge in [0.2, 0.25) is 0 Å². The molecule has 1 aromatic carbocycles. The zero-order valence-corrected chi connectivity index (χ0v) is 12.8. The molecule has 0 amide bonds. The predicted molar refractivity (Wildman–Crippen MR) is 76.5 cm³/mol. The number of anilines is 1. The predicted octanol–water partition coefficient (Wildman–Crippen LogP) is 3.83. The molecule has 10 heteroatoms. The van der Waals surface area contributed by atoms with E-state index in [1.165, 1.54) is 0 Å². The highest BCUT2D eigenvalue weighted by molar-refractivity contribution is 6.31. The van der Waals surface area contributed by atoms with E-state index in [9.17, 15) is 23.3 Å². The molecule has 1 N–H and O–H groups in total. The fraction of sp³-hybridized carbons (Fsp3) is 0.538. The fourth-order valence-electron chi connectivity index (χ4n) is 2.20. The van der Waals surface area contributed by atoms with E-state index in [4.69, 9.17) is 21.1 Å². The van der Waals surface area contributed by atoms with Crippen LogP contribution in [0.5, 0.6) is 0 Å². The highest BCUT2D eigenvalue weighted by atomic mass is 35.5. The van der Waals surface area contributed by atoms with Gasteiger partial charge in [-0.25, -0.2) is 0 Å². The molecule has 1 aliphatic heterocycles. The van der Waals surface area contributed by atoms with E-state index in [1.807, 2.05) is 0 Å². The van der Waals surface area contributed by atoms with Crippen molar-refractivity contribution >= 4 is 23.0 Å². The minimum atomic E-state index is -4.76. The SMILES string of the molecule is CC1(CCNc2cc(Cl)c(C(F)(F)F)cc2[N+](=O)[O-])OCCO1. The lowest BCUT2D eigenvalue weighted by atomic mass is 10.1. The lowest BCUT2D eigenvalue weighted by Crippen LogP contribution is -2.28. The highest BCUT2D eigenvalue weighted by Gasteiger charge is 2.36.